The van der Waals surface area contributed by atoms with Crippen molar-refractivity contribution in [2.75, 3.05) is 5.84 Å². The lowest BCUT2D eigenvalue weighted by molar-refractivity contribution is -0.141. The van der Waals surface area contributed by atoms with E-state index in [1.54, 1.807) is 0 Å². The van der Waals surface area contributed by atoms with E-state index in [0.717, 1.165) is 0 Å². The Morgan fingerprint density at radius 3 is 2.27 bits per heavy atom. The molecule has 3 nitrogen and oxygen atoms in total. The molecular weight excluding hydrogens is 183 g/mol. The average Bonchev–Trinajstić information content (AvgIpc) is 2.11. The van der Waals surface area contributed by atoms with Crippen LogP contribution in [0.2, 0.25) is 5.15 Å². The molecule has 0 aliphatic rings. The van der Waals surface area contributed by atoms with E-state index in [9.17, 15) is 13.2 Å². The molecule has 1 aromatic heterocycles. The molecule has 0 spiro atoms. The van der Waals surface area contributed by atoms with Crippen LogP contribution in [0.5, 0.6) is 0 Å². The summed E-state index contributed by atoms with van der Waals surface area (Å²) in [7, 11) is 0. The predicted octanol–water partition coefficient (Wildman–Crippen LogP) is 1.27. The van der Waals surface area contributed by atoms with E-state index in [1.807, 2.05) is 0 Å². The van der Waals surface area contributed by atoms with Gasteiger partial charge in [0.05, 0.1) is 0 Å². The molecule has 0 bridgehead atoms. The second-order valence-electron chi connectivity index (χ2n) is 1.79. The van der Waals surface area contributed by atoms with E-state index in [0.29, 0.717) is 10.9 Å². The Labute approximate surface area is 64.5 Å². The van der Waals surface area contributed by atoms with E-state index >= 15 is 0 Å². The fourth-order valence-corrected chi connectivity index (χ4v) is 0.651. The van der Waals surface area contributed by atoms with Gasteiger partial charge >= 0.3 is 6.18 Å². The normalized spacial score (nSPS) is 12.0. The minimum absolute atomic E-state index is 0.252. The number of halogens is 4. The monoisotopic (exact) mass is 185 g/mol. The van der Waals surface area contributed by atoms with Crippen molar-refractivity contribution in [3.05, 3.63) is 16.9 Å². The second-order valence-corrected chi connectivity index (χ2v) is 2.18. The zero-order valence-corrected chi connectivity index (χ0v) is 5.82. The number of hydrogen-bond acceptors (Lipinski definition) is 2. The van der Waals surface area contributed by atoms with Gasteiger partial charge in [0.2, 0.25) is 0 Å². The van der Waals surface area contributed by atoms with Gasteiger partial charge in [-0.25, -0.2) is 0 Å². The quantitative estimate of drug-likeness (QED) is 0.619. The summed E-state index contributed by atoms with van der Waals surface area (Å²) in [4.78, 5) is 0.463. The first kappa shape index (κ1) is 8.19. The van der Waals surface area contributed by atoms with Crippen LogP contribution in [0.1, 0.15) is 5.69 Å². The van der Waals surface area contributed by atoms with Crippen molar-refractivity contribution in [2.45, 2.75) is 6.18 Å². The summed E-state index contributed by atoms with van der Waals surface area (Å²) in [6.45, 7) is 0. The number of nitrogens with two attached hydrogens (primary N) is 1. The van der Waals surface area contributed by atoms with Crippen molar-refractivity contribution >= 4 is 11.6 Å². The lowest BCUT2D eigenvalue weighted by Gasteiger charge is -1.98. The molecule has 0 aliphatic carbocycles. The highest BCUT2D eigenvalue weighted by atomic mass is 35.5. The molecule has 0 aliphatic heterocycles. The second kappa shape index (κ2) is 2.30. The number of hydrogen-bond donors (Lipinski definition) is 1. The summed E-state index contributed by atoms with van der Waals surface area (Å²) < 4.78 is 35.4. The third-order valence-corrected chi connectivity index (χ3v) is 1.26. The maximum Gasteiger partial charge on any atom is 0.435 e. The van der Waals surface area contributed by atoms with Crippen molar-refractivity contribution in [2.24, 2.45) is 0 Å². The molecule has 0 unspecified atom stereocenters. The van der Waals surface area contributed by atoms with Gasteiger partial charge in [0.15, 0.2) is 10.8 Å². The van der Waals surface area contributed by atoms with Gasteiger partial charge in [-0.2, -0.15) is 18.0 Å². The number of rotatable bonds is 0. The van der Waals surface area contributed by atoms with Crippen molar-refractivity contribution < 1.29 is 13.2 Å². The Hall–Kier alpha value is -0.910. The molecule has 11 heavy (non-hydrogen) atoms. The van der Waals surface area contributed by atoms with E-state index in [1.165, 1.54) is 0 Å². The Morgan fingerprint density at radius 1 is 1.55 bits per heavy atom. The molecule has 0 atom stereocenters. The van der Waals surface area contributed by atoms with Gasteiger partial charge in [0, 0.05) is 6.07 Å². The molecule has 0 saturated carbocycles. The van der Waals surface area contributed by atoms with Crippen molar-refractivity contribution in [3.63, 3.8) is 0 Å². The van der Waals surface area contributed by atoms with Crippen molar-refractivity contribution in [3.8, 4) is 0 Å². The van der Waals surface area contributed by atoms with Crippen LogP contribution < -0.4 is 5.84 Å². The lowest BCUT2D eigenvalue weighted by Crippen LogP contribution is -2.13. The number of aromatic nitrogens is 2. The maximum absolute atomic E-state index is 11.8. The highest BCUT2D eigenvalue weighted by Crippen LogP contribution is 2.28. The number of alkyl halides is 3. The molecule has 0 aromatic carbocycles. The van der Waals surface area contributed by atoms with Gasteiger partial charge in [-0.15, -0.1) is 5.10 Å². The van der Waals surface area contributed by atoms with Gasteiger partial charge < -0.3 is 5.84 Å². The van der Waals surface area contributed by atoms with Crippen LogP contribution in [0.4, 0.5) is 13.2 Å². The Morgan fingerprint density at radius 2 is 2.09 bits per heavy atom. The summed E-state index contributed by atoms with van der Waals surface area (Å²) in [6, 6.07) is 0.654. The SMILES string of the molecule is Nn1nc(C(F)(F)F)cc1Cl. The lowest BCUT2D eigenvalue weighted by atomic mass is 10.4. The van der Waals surface area contributed by atoms with Crippen LogP contribution in [-0.2, 0) is 6.18 Å². The Bertz CT molecular complexity index is 247. The summed E-state index contributed by atoms with van der Waals surface area (Å²) in [6.07, 6.45) is -4.49. The summed E-state index contributed by atoms with van der Waals surface area (Å²) in [5, 5.41) is 2.67. The standard InChI is InChI=1S/C4H3ClF3N3/c5-3-1-2(4(6,7)8)10-11(3)9/h1H,9H2. The molecule has 1 rings (SSSR count). The molecule has 0 fully saturated rings. The van der Waals surface area contributed by atoms with Crippen LogP contribution in [-0.4, -0.2) is 9.89 Å². The summed E-state index contributed by atoms with van der Waals surface area (Å²) in [5.74, 6) is 4.91. The average molecular weight is 186 g/mol. The number of nitrogens with zero attached hydrogens (tertiary/aromatic N) is 2. The fraction of sp³-hybridized carbons (Fsp3) is 0.250. The van der Waals surface area contributed by atoms with Crippen LogP contribution in [0.25, 0.3) is 0 Å². The zero-order valence-electron chi connectivity index (χ0n) is 5.06. The van der Waals surface area contributed by atoms with Gasteiger partial charge in [-0.3, -0.25) is 0 Å². The van der Waals surface area contributed by atoms with Gasteiger partial charge in [-0.1, -0.05) is 11.6 Å². The first-order valence-electron chi connectivity index (χ1n) is 2.49. The van der Waals surface area contributed by atoms with Crippen molar-refractivity contribution in [1.29, 1.82) is 0 Å². The van der Waals surface area contributed by atoms with Gasteiger partial charge in [0.1, 0.15) is 0 Å². The van der Waals surface area contributed by atoms with E-state index < -0.39 is 11.9 Å². The maximum atomic E-state index is 11.8. The largest absolute Gasteiger partial charge is 0.435 e. The summed E-state index contributed by atoms with van der Waals surface area (Å²) >= 11 is 5.21. The van der Waals surface area contributed by atoms with Crippen molar-refractivity contribution in [1.82, 2.24) is 9.89 Å². The van der Waals surface area contributed by atoms with Crippen LogP contribution in [0.15, 0.2) is 6.07 Å². The smallest absolute Gasteiger partial charge is 0.322 e. The van der Waals surface area contributed by atoms with E-state index in [-0.39, 0.29) is 5.15 Å². The molecule has 0 saturated heterocycles. The minimum Gasteiger partial charge on any atom is -0.322 e. The molecule has 62 valence electrons. The molecule has 7 heteroatoms. The van der Waals surface area contributed by atoms with Crippen LogP contribution >= 0.6 is 11.6 Å². The minimum atomic E-state index is -4.49. The number of nitrogen functional groups attached to an aromatic ring is 1. The molecule has 0 amide bonds. The zero-order chi connectivity index (χ0) is 8.65. The molecule has 1 aromatic rings. The first-order valence-corrected chi connectivity index (χ1v) is 2.87. The van der Waals surface area contributed by atoms with Gasteiger partial charge in [0.25, 0.3) is 0 Å². The first-order chi connectivity index (χ1) is 4.91. The molecule has 2 N–H and O–H groups in total. The highest BCUT2D eigenvalue weighted by molar-refractivity contribution is 6.29. The molecule has 1 heterocycles. The predicted molar refractivity (Wildman–Crippen MR) is 32.4 cm³/mol. The fourth-order valence-electron chi connectivity index (χ4n) is 0.510. The molecule has 0 radical (unpaired) electrons. The summed E-state index contributed by atoms with van der Waals surface area (Å²) in [5.41, 5.74) is -1.09. The Kier molecular flexibility index (Phi) is 1.71. The molecular formula is C4H3ClF3N3. The topological polar surface area (TPSA) is 43.8 Å². The third kappa shape index (κ3) is 1.56. The van der Waals surface area contributed by atoms with Crippen LogP contribution in [0, 0.1) is 0 Å². The van der Waals surface area contributed by atoms with Crippen LogP contribution in [0.3, 0.4) is 0 Å². The van der Waals surface area contributed by atoms with E-state index in [4.69, 9.17) is 17.4 Å². The van der Waals surface area contributed by atoms with Gasteiger partial charge in [-0.05, 0) is 0 Å². The van der Waals surface area contributed by atoms with E-state index in [2.05, 4.69) is 5.10 Å². The highest BCUT2D eigenvalue weighted by Gasteiger charge is 2.34. The third-order valence-electron chi connectivity index (χ3n) is 0.981. The Balaban J connectivity index is 3.08.